The molecular weight excluding hydrogens is 517 g/mol. The number of rotatable bonds is 6. The third-order valence-electron chi connectivity index (χ3n) is 6.35. The molecule has 3 heterocycles. The highest BCUT2D eigenvalue weighted by atomic mass is 79.9. The number of nitrogen functional groups attached to an aromatic ring is 1. The molecule has 2 aliphatic rings. The minimum Gasteiger partial charge on any atom is -0.382 e. The van der Waals surface area contributed by atoms with E-state index in [-0.39, 0.29) is 5.78 Å². The summed E-state index contributed by atoms with van der Waals surface area (Å²) in [7, 11) is 0. The zero-order chi connectivity index (χ0) is 22.6. The maximum Gasteiger partial charge on any atom is 0.165 e. The first-order valence-corrected chi connectivity index (χ1v) is 12.0. The normalized spacial score (nSPS) is 20.9. The van der Waals surface area contributed by atoms with Crippen LogP contribution < -0.4 is 16.4 Å². The molecule has 168 valence electrons. The number of anilines is 2. The molecule has 0 amide bonds. The number of imidazole rings is 1. The minimum absolute atomic E-state index is 0.133. The SMILES string of the molecule is Nc1ncnc2c1ncn2Cc1c(Br)cc(Cl)c(Cl)c1N1CC[C@](N)(C(=O)CC2CC2)C1. The van der Waals surface area contributed by atoms with E-state index >= 15 is 0 Å². The molecular formula is C21H22BrCl2N7O. The Hall–Kier alpha value is -1.94. The number of fused-ring (bicyclic) bond motifs is 1. The highest BCUT2D eigenvalue weighted by molar-refractivity contribution is 9.10. The molecule has 1 aliphatic carbocycles. The van der Waals surface area contributed by atoms with Crippen LogP contribution in [0.5, 0.6) is 0 Å². The van der Waals surface area contributed by atoms with Gasteiger partial charge in [0, 0.05) is 29.5 Å². The highest BCUT2D eigenvalue weighted by Gasteiger charge is 2.43. The maximum atomic E-state index is 12.9. The summed E-state index contributed by atoms with van der Waals surface area (Å²) in [6.45, 7) is 1.44. The summed E-state index contributed by atoms with van der Waals surface area (Å²) < 4.78 is 2.68. The second kappa shape index (κ2) is 8.13. The molecule has 1 saturated heterocycles. The molecule has 3 aromatic rings. The van der Waals surface area contributed by atoms with Crippen LogP contribution in [0.4, 0.5) is 11.5 Å². The molecule has 1 aromatic carbocycles. The molecule has 0 radical (unpaired) electrons. The number of aromatic nitrogens is 4. The van der Waals surface area contributed by atoms with Crippen molar-refractivity contribution in [1.29, 1.82) is 0 Å². The second-order valence-electron chi connectivity index (χ2n) is 8.68. The van der Waals surface area contributed by atoms with Gasteiger partial charge in [-0.1, -0.05) is 39.1 Å². The minimum atomic E-state index is -0.874. The standard InChI is InChI=1S/C21H22BrCl2N7O/c22-13-6-14(23)16(24)18(30-4-3-21(26,8-30)15(32)5-11-1-2-11)12(13)7-31-10-29-17-19(25)27-9-28-20(17)31/h6,9-11H,1-5,7-8,26H2,(H2,25,27,28)/t21-/m1/s1. The monoisotopic (exact) mass is 537 g/mol. The molecule has 4 N–H and O–H groups in total. The van der Waals surface area contributed by atoms with E-state index in [9.17, 15) is 4.79 Å². The second-order valence-corrected chi connectivity index (χ2v) is 10.3. The van der Waals surface area contributed by atoms with E-state index in [0.29, 0.717) is 65.4 Å². The molecule has 1 aliphatic heterocycles. The van der Waals surface area contributed by atoms with Crippen molar-refractivity contribution in [1.82, 2.24) is 19.5 Å². The molecule has 0 spiro atoms. The number of hydrogen-bond donors (Lipinski definition) is 2. The third kappa shape index (κ3) is 3.85. The summed E-state index contributed by atoms with van der Waals surface area (Å²) in [5.74, 6) is 0.957. The number of nitrogens with two attached hydrogens (primary N) is 2. The number of carbonyl (C=O) groups is 1. The Labute approximate surface area is 203 Å². The Morgan fingerprint density at radius 1 is 1.28 bits per heavy atom. The van der Waals surface area contributed by atoms with E-state index < -0.39 is 5.54 Å². The average Bonchev–Trinajstić information content (AvgIpc) is 3.33. The zero-order valence-electron chi connectivity index (χ0n) is 17.2. The largest absolute Gasteiger partial charge is 0.382 e. The van der Waals surface area contributed by atoms with Gasteiger partial charge in [0.05, 0.1) is 34.1 Å². The molecule has 8 nitrogen and oxygen atoms in total. The zero-order valence-corrected chi connectivity index (χ0v) is 20.3. The van der Waals surface area contributed by atoms with Gasteiger partial charge in [0.25, 0.3) is 0 Å². The maximum absolute atomic E-state index is 12.9. The van der Waals surface area contributed by atoms with Crippen LogP contribution in [0.3, 0.4) is 0 Å². The van der Waals surface area contributed by atoms with Crippen molar-refractivity contribution in [3.8, 4) is 0 Å². The molecule has 5 rings (SSSR count). The van der Waals surface area contributed by atoms with E-state index in [1.807, 2.05) is 4.57 Å². The van der Waals surface area contributed by atoms with Crippen LogP contribution in [0.2, 0.25) is 10.0 Å². The molecule has 0 bridgehead atoms. The average molecular weight is 539 g/mol. The lowest BCUT2D eigenvalue weighted by molar-refractivity contribution is -0.123. The molecule has 32 heavy (non-hydrogen) atoms. The van der Waals surface area contributed by atoms with Gasteiger partial charge in [0.2, 0.25) is 0 Å². The topological polar surface area (TPSA) is 116 Å². The number of Topliss-reactive ketones (excluding diaryl/α,β-unsaturated/α-hetero) is 1. The smallest absolute Gasteiger partial charge is 0.165 e. The fourth-order valence-corrected chi connectivity index (χ4v) is 5.49. The fourth-order valence-electron chi connectivity index (χ4n) is 4.32. The van der Waals surface area contributed by atoms with Crippen molar-refractivity contribution in [2.75, 3.05) is 23.7 Å². The van der Waals surface area contributed by atoms with Gasteiger partial charge in [-0.25, -0.2) is 15.0 Å². The number of nitrogens with zero attached hydrogens (tertiary/aromatic N) is 5. The lowest BCUT2D eigenvalue weighted by Gasteiger charge is -2.28. The molecule has 1 saturated carbocycles. The van der Waals surface area contributed by atoms with E-state index in [4.69, 9.17) is 34.7 Å². The first kappa shape index (κ1) is 21.9. The van der Waals surface area contributed by atoms with E-state index in [0.717, 1.165) is 28.6 Å². The van der Waals surface area contributed by atoms with Crippen LogP contribution in [0.1, 0.15) is 31.2 Å². The summed E-state index contributed by atoms with van der Waals surface area (Å²) in [5.41, 5.74) is 14.5. The van der Waals surface area contributed by atoms with E-state index in [1.54, 1.807) is 12.4 Å². The van der Waals surface area contributed by atoms with Crippen LogP contribution in [-0.2, 0) is 11.3 Å². The van der Waals surface area contributed by atoms with Crippen LogP contribution in [0.25, 0.3) is 11.2 Å². The number of carbonyl (C=O) groups excluding carboxylic acids is 1. The van der Waals surface area contributed by atoms with Crippen LogP contribution in [0.15, 0.2) is 23.2 Å². The summed E-state index contributed by atoms with van der Waals surface area (Å²) in [6, 6.07) is 1.77. The van der Waals surface area contributed by atoms with Gasteiger partial charge in [-0.2, -0.15) is 0 Å². The van der Waals surface area contributed by atoms with Gasteiger partial charge in [-0.15, -0.1) is 0 Å². The fraction of sp³-hybridized carbons (Fsp3) is 0.429. The molecule has 0 unspecified atom stereocenters. The number of halogens is 3. The summed E-state index contributed by atoms with van der Waals surface area (Å²) >= 11 is 16.8. The van der Waals surface area contributed by atoms with Crippen molar-refractivity contribution in [2.24, 2.45) is 11.7 Å². The lowest BCUT2D eigenvalue weighted by Crippen LogP contribution is -2.50. The highest BCUT2D eigenvalue weighted by Crippen LogP contribution is 2.43. The van der Waals surface area contributed by atoms with Crippen LogP contribution >= 0.6 is 39.1 Å². The van der Waals surface area contributed by atoms with Gasteiger partial charge < -0.3 is 20.9 Å². The van der Waals surface area contributed by atoms with E-state index in [2.05, 4.69) is 35.8 Å². The Morgan fingerprint density at radius 2 is 2.06 bits per heavy atom. The number of hydrogen-bond acceptors (Lipinski definition) is 7. The van der Waals surface area contributed by atoms with E-state index in [1.165, 1.54) is 6.33 Å². The van der Waals surface area contributed by atoms with Gasteiger partial charge in [0.1, 0.15) is 11.8 Å². The van der Waals surface area contributed by atoms with Crippen LogP contribution in [0, 0.1) is 5.92 Å². The van der Waals surface area contributed by atoms with Crippen molar-refractivity contribution in [3.05, 3.63) is 38.8 Å². The quantitative estimate of drug-likeness (QED) is 0.458. The first-order valence-electron chi connectivity index (χ1n) is 10.4. The lowest BCUT2D eigenvalue weighted by atomic mass is 9.91. The Bertz CT molecular complexity index is 1230. The molecule has 1 atom stereocenters. The predicted molar refractivity (Wildman–Crippen MR) is 129 cm³/mol. The summed E-state index contributed by atoms with van der Waals surface area (Å²) in [6.07, 6.45) is 6.47. The van der Waals surface area contributed by atoms with Crippen LogP contribution in [-0.4, -0.2) is 43.9 Å². The van der Waals surface area contributed by atoms with Crippen molar-refractivity contribution >= 4 is 67.6 Å². The predicted octanol–water partition coefficient (Wildman–Crippen LogP) is 3.80. The van der Waals surface area contributed by atoms with Crippen molar-refractivity contribution in [3.63, 3.8) is 0 Å². The van der Waals surface area contributed by atoms with Gasteiger partial charge >= 0.3 is 0 Å². The Kier molecular flexibility index (Phi) is 5.56. The van der Waals surface area contributed by atoms with Gasteiger partial charge in [-0.3, -0.25) is 4.79 Å². The Balaban J connectivity index is 1.51. The Morgan fingerprint density at radius 3 is 2.81 bits per heavy atom. The number of ketones is 1. The summed E-state index contributed by atoms with van der Waals surface area (Å²) in [4.78, 5) is 27.6. The molecule has 11 heteroatoms. The van der Waals surface area contributed by atoms with Crippen molar-refractivity contribution in [2.45, 2.75) is 37.8 Å². The molecule has 2 fully saturated rings. The summed E-state index contributed by atoms with van der Waals surface area (Å²) in [5, 5.41) is 0.862. The molecule has 2 aromatic heterocycles. The third-order valence-corrected chi connectivity index (χ3v) is 7.83. The van der Waals surface area contributed by atoms with Gasteiger partial charge in [-0.05, 0) is 31.2 Å². The van der Waals surface area contributed by atoms with Gasteiger partial charge in [0.15, 0.2) is 17.2 Å². The number of benzene rings is 1. The van der Waals surface area contributed by atoms with Crippen molar-refractivity contribution < 1.29 is 4.79 Å². The first-order chi connectivity index (χ1) is 15.3.